The van der Waals surface area contributed by atoms with Crippen LogP contribution in [0.5, 0.6) is 5.88 Å². The van der Waals surface area contributed by atoms with Crippen molar-refractivity contribution in [2.24, 2.45) is 0 Å². The molecule has 0 atom stereocenters. The van der Waals surface area contributed by atoms with E-state index in [1.54, 1.807) is 24.5 Å². The summed E-state index contributed by atoms with van der Waals surface area (Å²) in [6.07, 6.45) is 3.27. The van der Waals surface area contributed by atoms with E-state index >= 15 is 0 Å². The van der Waals surface area contributed by atoms with E-state index < -0.39 is 0 Å². The summed E-state index contributed by atoms with van der Waals surface area (Å²) in [6, 6.07) is 5.21. The number of anilines is 1. The predicted molar refractivity (Wildman–Crippen MR) is 87.0 cm³/mol. The number of hydrogen-bond acceptors (Lipinski definition) is 7. The highest BCUT2D eigenvalue weighted by Gasteiger charge is 2.15. The van der Waals surface area contributed by atoms with Crippen molar-refractivity contribution in [1.82, 2.24) is 20.3 Å². The molecule has 126 valence electrons. The fourth-order valence-corrected chi connectivity index (χ4v) is 2.42. The van der Waals surface area contributed by atoms with Gasteiger partial charge in [0.1, 0.15) is 17.2 Å². The molecular weight excluding hydrogens is 310 g/mol. The Morgan fingerprint density at radius 3 is 2.92 bits per heavy atom. The van der Waals surface area contributed by atoms with Crippen LogP contribution in [0.2, 0.25) is 0 Å². The molecule has 8 heteroatoms. The number of ether oxygens (including phenoxy) is 2. The Morgan fingerprint density at radius 2 is 2.12 bits per heavy atom. The first kappa shape index (κ1) is 16.1. The van der Waals surface area contributed by atoms with E-state index in [0.29, 0.717) is 24.6 Å². The first-order valence-corrected chi connectivity index (χ1v) is 7.70. The Hall–Kier alpha value is -2.74. The van der Waals surface area contributed by atoms with Crippen molar-refractivity contribution in [3.05, 3.63) is 42.0 Å². The molecule has 1 aliphatic heterocycles. The van der Waals surface area contributed by atoms with Crippen LogP contribution in [-0.4, -0.2) is 54.3 Å². The molecular formula is C16H19N5O3. The van der Waals surface area contributed by atoms with E-state index in [4.69, 9.17) is 9.47 Å². The van der Waals surface area contributed by atoms with Crippen molar-refractivity contribution in [3.63, 3.8) is 0 Å². The summed E-state index contributed by atoms with van der Waals surface area (Å²) in [6.45, 7) is 3.22. The van der Waals surface area contributed by atoms with Gasteiger partial charge in [-0.15, -0.1) is 0 Å². The minimum Gasteiger partial charge on any atom is -0.480 e. The molecule has 1 N–H and O–H groups in total. The van der Waals surface area contributed by atoms with Gasteiger partial charge in [-0.2, -0.15) is 0 Å². The molecule has 0 spiro atoms. The second-order valence-electron chi connectivity index (χ2n) is 5.17. The van der Waals surface area contributed by atoms with Gasteiger partial charge in [-0.25, -0.2) is 15.0 Å². The van der Waals surface area contributed by atoms with E-state index in [-0.39, 0.29) is 18.3 Å². The number of carbonyl (C=O) groups is 1. The smallest absolute Gasteiger partial charge is 0.257 e. The number of carbonyl (C=O) groups excluding carboxylic acids is 1. The topological polar surface area (TPSA) is 89.5 Å². The molecule has 1 saturated heterocycles. The Bertz CT molecular complexity index is 704. The number of nitrogens with one attached hydrogen (secondary N) is 1. The molecule has 0 saturated carbocycles. The number of pyridine rings is 1. The molecule has 3 heterocycles. The third-order valence-corrected chi connectivity index (χ3v) is 3.64. The van der Waals surface area contributed by atoms with Crippen molar-refractivity contribution >= 4 is 11.7 Å². The fraction of sp³-hybridized carbons (Fsp3) is 0.375. The van der Waals surface area contributed by atoms with E-state index in [1.807, 2.05) is 6.07 Å². The van der Waals surface area contributed by atoms with Crippen molar-refractivity contribution in [2.45, 2.75) is 6.54 Å². The van der Waals surface area contributed by atoms with E-state index in [0.717, 1.165) is 18.9 Å². The third kappa shape index (κ3) is 3.77. The van der Waals surface area contributed by atoms with Crippen molar-refractivity contribution in [2.75, 3.05) is 38.3 Å². The lowest BCUT2D eigenvalue weighted by atomic mass is 10.2. The molecule has 0 aromatic carbocycles. The summed E-state index contributed by atoms with van der Waals surface area (Å²) in [5, 5.41) is 2.79. The molecule has 8 nitrogen and oxygen atoms in total. The molecule has 0 aliphatic carbocycles. The quantitative estimate of drug-likeness (QED) is 0.861. The highest BCUT2D eigenvalue weighted by atomic mass is 16.5. The molecule has 0 bridgehead atoms. The number of morpholine rings is 1. The summed E-state index contributed by atoms with van der Waals surface area (Å²) in [5.74, 6) is 1.41. The second kappa shape index (κ2) is 7.69. The van der Waals surface area contributed by atoms with Gasteiger partial charge in [0.2, 0.25) is 5.88 Å². The number of rotatable bonds is 5. The first-order chi connectivity index (χ1) is 11.8. The highest BCUT2D eigenvalue weighted by Crippen LogP contribution is 2.14. The lowest BCUT2D eigenvalue weighted by molar-refractivity contribution is 0.0946. The van der Waals surface area contributed by atoms with E-state index in [2.05, 4.69) is 25.2 Å². The monoisotopic (exact) mass is 329 g/mol. The van der Waals surface area contributed by atoms with Crippen LogP contribution in [0.25, 0.3) is 0 Å². The Kier molecular flexibility index (Phi) is 5.17. The zero-order valence-corrected chi connectivity index (χ0v) is 13.4. The molecule has 24 heavy (non-hydrogen) atoms. The average molecular weight is 329 g/mol. The van der Waals surface area contributed by atoms with Gasteiger partial charge < -0.3 is 19.7 Å². The van der Waals surface area contributed by atoms with Crippen molar-refractivity contribution < 1.29 is 14.3 Å². The van der Waals surface area contributed by atoms with Gasteiger partial charge in [-0.05, 0) is 18.2 Å². The second-order valence-corrected chi connectivity index (χ2v) is 5.17. The molecule has 1 amide bonds. The van der Waals surface area contributed by atoms with Crippen LogP contribution >= 0.6 is 0 Å². The van der Waals surface area contributed by atoms with E-state index in [1.165, 1.54) is 7.11 Å². The third-order valence-electron chi connectivity index (χ3n) is 3.64. The first-order valence-electron chi connectivity index (χ1n) is 7.70. The SMILES string of the molecule is COc1ncccc1C(=O)NCc1nccc(N2CCOCC2)n1. The fourth-order valence-electron chi connectivity index (χ4n) is 2.42. The lowest BCUT2D eigenvalue weighted by Gasteiger charge is -2.27. The number of nitrogens with zero attached hydrogens (tertiary/aromatic N) is 4. The van der Waals surface area contributed by atoms with E-state index in [9.17, 15) is 4.79 Å². The predicted octanol–water partition coefficient (Wildman–Crippen LogP) is 0.647. The van der Waals surface area contributed by atoms with Gasteiger partial charge in [-0.3, -0.25) is 4.79 Å². The number of hydrogen-bond donors (Lipinski definition) is 1. The standard InChI is InChI=1S/C16H19N5O3/c1-23-16-12(3-2-5-18-16)15(22)19-11-13-17-6-4-14(20-13)21-7-9-24-10-8-21/h2-6H,7-11H2,1H3,(H,19,22). The Balaban J connectivity index is 1.65. The van der Waals surface area contributed by atoms with Crippen LogP contribution in [-0.2, 0) is 11.3 Å². The van der Waals surface area contributed by atoms with Gasteiger partial charge in [0.05, 0.1) is 26.9 Å². The van der Waals surface area contributed by atoms with Gasteiger partial charge in [-0.1, -0.05) is 0 Å². The summed E-state index contributed by atoms with van der Waals surface area (Å²) >= 11 is 0. The molecule has 1 fully saturated rings. The lowest BCUT2D eigenvalue weighted by Crippen LogP contribution is -2.37. The molecule has 2 aromatic rings. The zero-order valence-electron chi connectivity index (χ0n) is 13.4. The molecule has 2 aromatic heterocycles. The number of amides is 1. The van der Waals surface area contributed by atoms with Crippen molar-refractivity contribution in [1.29, 1.82) is 0 Å². The number of methoxy groups -OCH3 is 1. The van der Waals surface area contributed by atoms with Gasteiger partial charge in [0, 0.05) is 25.5 Å². The van der Waals surface area contributed by atoms with Crippen LogP contribution in [0.15, 0.2) is 30.6 Å². The molecule has 3 rings (SSSR count). The van der Waals surface area contributed by atoms with Crippen LogP contribution in [0, 0.1) is 0 Å². The maximum atomic E-state index is 12.3. The maximum absolute atomic E-state index is 12.3. The summed E-state index contributed by atoms with van der Waals surface area (Å²) in [7, 11) is 1.48. The molecule has 0 unspecified atom stereocenters. The summed E-state index contributed by atoms with van der Waals surface area (Å²) in [4.78, 5) is 27.1. The Morgan fingerprint density at radius 1 is 1.29 bits per heavy atom. The molecule has 0 radical (unpaired) electrons. The largest absolute Gasteiger partial charge is 0.480 e. The minimum absolute atomic E-state index is 0.231. The van der Waals surface area contributed by atoms with Crippen molar-refractivity contribution in [3.8, 4) is 5.88 Å². The van der Waals surface area contributed by atoms with Crippen LogP contribution in [0.1, 0.15) is 16.2 Å². The highest BCUT2D eigenvalue weighted by molar-refractivity contribution is 5.96. The van der Waals surface area contributed by atoms with Gasteiger partial charge in [0.25, 0.3) is 5.91 Å². The number of aromatic nitrogens is 3. The molecule has 1 aliphatic rings. The van der Waals surface area contributed by atoms with Gasteiger partial charge >= 0.3 is 0 Å². The van der Waals surface area contributed by atoms with Gasteiger partial charge in [0.15, 0.2) is 0 Å². The minimum atomic E-state index is -0.277. The van der Waals surface area contributed by atoms with Crippen LogP contribution < -0.4 is 15.0 Å². The van der Waals surface area contributed by atoms with Crippen LogP contribution in [0.4, 0.5) is 5.82 Å². The summed E-state index contributed by atoms with van der Waals surface area (Å²) in [5.41, 5.74) is 0.379. The summed E-state index contributed by atoms with van der Waals surface area (Å²) < 4.78 is 10.4. The van der Waals surface area contributed by atoms with Crippen LogP contribution in [0.3, 0.4) is 0 Å². The zero-order chi connectivity index (χ0) is 16.8. The Labute approximate surface area is 139 Å². The average Bonchev–Trinajstić information content (AvgIpc) is 2.67. The maximum Gasteiger partial charge on any atom is 0.257 e. The normalized spacial score (nSPS) is 14.3.